The molecule has 2 heteroatoms. The number of hydrogen-bond acceptors (Lipinski definition) is 2. The SMILES string of the molecule is Cc1ccc(Oc2ccc(N3CCCC3)cc2)cc1. The average molecular weight is 253 g/mol. The molecule has 2 aromatic rings. The molecule has 0 saturated carbocycles. The molecule has 2 aromatic carbocycles. The summed E-state index contributed by atoms with van der Waals surface area (Å²) in [7, 11) is 0. The Morgan fingerprint density at radius 3 is 1.89 bits per heavy atom. The van der Waals surface area contributed by atoms with Gasteiger partial charge in [-0.25, -0.2) is 0 Å². The average Bonchev–Trinajstić information content (AvgIpc) is 2.96. The van der Waals surface area contributed by atoms with Crippen LogP contribution >= 0.6 is 0 Å². The number of anilines is 1. The van der Waals surface area contributed by atoms with Gasteiger partial charge in [-0.05, 0) is 56.2 Å². The van der Waals surface area contributed by atoms with E-state index in [9.17, 15) is 0 Å². The lowest BCUT2D eigenvalue weighted by atomic mass is 10.2. The molecule has 3 rings (SSSR count). The van der Waals surface area contributed by atoms with Gasteiger partial charge in [-0.15, -0.1) is 0 Å². The summed E-state index contributed by atoms with van der Waals surface area (Å²) in [6.45, 7) is 4.44. The molecule has 0 aromatic heterocycles. The number of hydrogen-bond donors (Lipinski definition) is 0. The first-order valence-electron chi connectivity index (χ1n) is 6.91. The van der Waals surface area contributed by atoms with E-state index in [1.54, 1.807) is 0 Å². The van der Waals surface area contributed by atoms with Crippen LogP contribution in [-0.4, -0.2) is 13.1 Å². The molecule has 98 valence electrons. The van der Waals surface area contributed by atoms with Crippen molar-refractivity contribution in [1.82, 2.24) is 0 Å². The molecule has 1 heterocycles. The Morgan fingerprint density at radius 2 is 1.32 bits per heavy atom. The highest BCUT2D eigenvalue weighted by Crippen LogP contribution is 2.26. The van der Waals surface area contributed by atoms with E-state index in [1.165, 1.54) is 37.2 Å². The second-order valence-corrected chi connectivity index (χ2v) is 5.10. The van der Waals surface area contributed by atoms with Gasteiger partial charge in [0.1, 0.15) is 11.5 Å². The van der Waals surface area contributed by atoms with Crippen LogP contribution in [0.25, 0.3) is 0 Å². The van der Waals surface area contributed by atoms with Gasteiger partial charge in [0, 0.05) is 18.8 Å². The van der Waals surface area contributed by atoms with Crippen molar-refractivity contribution < 1.29 is 4.74 Å². The lowest BCUT2D eigenvalue weighted by Crippen LogP contribution is -2.17. The molecule has 0 radical (unpaired) electrons. The first kappa shape index (κ1) is 12.1. The van der Waals surface area contributed by atoms with Gasteiger partial charge in [0.15, 0.2) is 0 Å². The van der Waals surface area contributed by atoms with E-state index in [1.807, 2.05) is 24.3 Å². The van der Waals surface area contributed by atoms with Crippen LogP contribution in [0.15, 0.2) is 48.5 Å². The number of ether oxygens (including phenoxy) is 1. The molecule has 1 aliphatic heterocycles. The van der Waals surface area contributed by atoms with Crippen molar-refractivity contribution >= 4 is 5.69 Å². The van der Waals surface area contributed by atoms with E-state index in [0.29, 0.717) is 0 Å². The minimum Gasteiger partial charge on any atom is -0.457 e. The van der Waals surface area contributed by atoms with E-state index in [0.717, 1.165) is 11.5 Å². The maximum absolute atomic E-state index is 5.83. The molecule has 0 spiro atoms. The smallest absolute Gasteiger partial charge is 0.127 e. The van der Waals surface area contributed by atoms with Gasteiger partial charge in [-0.1, -0.05) is 17.7 Å². The van der Waals surface area contributed by atoms with Crippen LogP contribution in [-0.2, 0) is 0 Å². The fraction of sp³-hybridized carbons (Fsp3) is 0.294. The Kier molecular flexibility index (Phi) is 3.41. The number of aryl methyl sites for hydroxylation is 1. The molecule has 19 heavy (non-hydrogen) atoms. The third kappa shape index (κ3) is 2.90. The van der Waals surface area contributed by atoms with E-state index >= 15 is 0 Å². The van der Waals surface area contributed by atoms with Gasteiger partial charge in [-0.3, -0.25) is 0 Å². The zero-order valence-electron chi connectivity index (χ0n) is 11.3. The van der Waals surface area contributed by atoms with Crippen molar-refractivity contribution in [2.24, 2.45) is 0 Å². The molecule has 1 aliphatic rings. The summed E-state index contributed by atoms with van der Waals surface area (Å²) in [5.74, 6) is 1.78. The monoisotopic (exact) mass is 253 g/mol. The van der Waals surface area contributed by atoms with Crippen molar-refractivity contribution in [3.63, 3.8) is 0 Å². The number of nitrogens with zero attached hydrogens (tertiary/aromatic N) is 1. The molecule has 1 fully saturated rings. The second kappa shape index (κ2) is 5.35. The minimum absolute atomic E-state index is 0.888. The maximum atomic E-state index is 5.83. The van der Waals surface area contributed by atoms with Crippen LogP contribution in [0.4, 0.5) is 5.69 Å². The third-order valence-corrected chi connectivity index (χ3v) is 3.56. The third-order valence-electron chi connectivity index (χ3n) is 3.56. The Bertz CT molecular complexity index is 524. The van der Waals surface area contributed by atoms with Gasteiger partial charge in [-0.2, -0.15) is 0 Å². The summed E-state index contributed by atoms with van der Waals surface area (Å²) in [5, 5.41) is 0. The van der Waals surface area contributed by atoms with Crippen molar-refractivity contribution in [2.75, 3.05) is 18.0 Å². The van der Waals surface area contributed by atoms with Crippen LogP contribution < -0.4 is 9.64 Å². The van der Waals surface area contributed by atoms with Gasteiger partial charge in [0.25, 0.3) is 0 Å². The van der Waals surface area contributed by atoms with Crippen LogP contribution in [0.2, 0.25) is 0 Å². The normalized spacial score (nSPS) is 14.7. The molecule has 2 nitrogen and oxygen atoms in total. The van der Waals surface area contributed by atoms with Crippen molar-refractivity contribution in [3.8, 4) is 11.5 Å². The lowest BCUT2D eigenvalue weighted by molar-refractivity contribution is 0.482. The molecule has 0 N–H and O–H groups in total. The summed E-state index contributed by atoms with van der Waals surface area (Å²) in [6.07, 6.45) is 2.61. The molecule has 0 bridgehead atoms. The summed E-state index contributed by atoms with van der Waals surface area (Å²) in [5.41, 5.74) is 2.55. The Morgan fingerprint density at radius 1 is 0.789 bits per heavy atom. The van der Waals surface area contributed by atoms with Gasteiger partial charge in [0.05, 0.1) is 0 Å². The first-order valence-corrected chi connectivity index (χ1v) is 6.91. The highest BCUT2D eigenvalue weighted by atomic mass is 16.5. The second-order valence-electron chi connectivity index (χ2n) is 5.10. The minimum atomic E-state index is 0.888. The predicted octanol–water partition coefficient (Wildman–Crippen LogP) is 4.39. The van der Waals surface area contributed by atoms with E-state index < -0.39 is 0 Å². The molecular weight excluding hydrogens is 234 g/mol. The summed E-state index contributed by atoms with van der Waals surface area (Å²) < 4.78 is 5.83. The zero-order chi connectivity index (χ0) is 13.1. The highest BCUT2D eigenvalue weighted by Gasteiger charge is 2.11. The molecule has 0 aliphatic carbocycles. The fourth-order valence-electron chi connectivity index (χ4n) is 2.44. The molecule has 0 atom stereocenters. The van der Waals surface area contributed by atoms with Crippen LogP contribution in [0.3, 0.4) is 0 Å². The molecule has 1 saturated heterocycles. The molecule has 0 unspecified atom stereocenters. The predicted molar refractivity (Wildman–Crippen MR) is 79.1 cm³/mol. The van der Waals surface area contributed by atoms with Crippen molar-refractivity contribution in [3.05, 3.63) is 54.1 Å². The Balaban J connectivity index is 1.70. The number of benzene rings is 2. The Hall–Kier alpha value is -1.96. The van der Waals surface area contributed by atoms with Crippen LogP contribution in [0.1, 0.15) is 18.4 Å². The fourth-order valence-corrected chi connectivity index (χ4v) is 2.44. The van der Waals surface area contributed by atoms with Crippen molar-refractivity contribution in [1.29, 1.82) is 0 Å². The lowest BCUT2D eigenvalue weighted by Gasteiger charge is -2.17. The molecule has 0 amide bonds. The summed E-state index contributed by atoms with van der Waals surface area (Å²) in [6, 6.07) is 16.5. The largest absolute Gasteiger partial charge is 0.457 e. The summed E-state index contributed by atoms with van der Waals surface area (Å²) >= 11 is 0. The van der Waals surface area contributed by atoms with Gasteiger partial charge in [0.2, 0.25) is 0 Å². The quantitative estimate of drug-likeness (QED) is 0.804. The maximum Gasteiger partial charge on any atom is 0.127 e. The highest BCUT2D eigenvalue weighted by molar-refractivity contribution is 5.50. The Labute approximate surface area is 114 Å². The van der Waals surface area contributed by atoms with E-state index in [4.69, 9.17) is 4.74 Å². The van der Waals surface area contributed by atoms with Crippen LogP contribution in [0, 0.1) is 6.92 Å². The summed E-state index contributed by atoms with van der Waals surface area (Å²) in [4.78, 5) is 2.43. The number of rotatable bonds is 3. The van der Waals surface area contributed by atoms with Crippen LogP contribution in [0.5, 0.6) is 11.5 Å². The van der Waals surface area contributed by atoms with Gasteiger partial charge < -0.3 is 9.64 Å². The van der Waals surface area contributed by atoms with E-state index in [-0.39, 0.29) is 0 Å². The van der Waals surface area contributed by atoms with Gasteiger partial charge >= 0.3 is 0 Å². The standard InChI is InChI=1S/C17H19NO/c1-14-4-8-16(9-5-14)19-17-10-6-15(7-11-17)18-12-2-3-13-18/h4-11H,2-3,12-13H2,1H3. The van der Waals surface area contributed by atoms with Crippen molar-refractivity contribution in [2.45, 2.75) is 19.8 Å². The molecular formula is C17H19NO. The topological polar surface area (TPSA) is 12.5 Å². The zero-order valence-corrected chi connectivity index (χ0v) is 11.3. The van der Waals surface area contributed by atoms with E-state index in [2.05, 4.69) is 36.1 Å². The first-order chi connectivity index (χ1) is 9.31.